The van der Waals surface area contributed by atoms with Gasteiger partial charge in [-0.3, -0.25) is 9.10 Å². The Bertz CT molecular complexity index is 899. The maximum atomic E-state index is 14.2. The normalized spacial score (nSPS) is 11.3. The smallest absolute Gasteiger partial charge is 0.324 e. The molecule has 0 bridgehead atoms. The standard InChI is InChI=1S/C16H15ClFNO4S/c1-10-6-7-15(13(18)8-10)24(22,23)19(9-16(20)21)14-5-3-4-12(17)11(14)2/h3-8H,9H2,1-2H3,(H,20,21). The van der Waals surface area contributed by atoms with Crippen molar-refractivity contribution in [2.45, 2.75) is 18.7 Å². The van der Waals surface area contributed by atoms with Gasteiger partial charge in [0, 0.05) is 5.02 Å². The van der Waals surface area contributed by atoms with Crippen molar-refractivity contribution in [1.82, 2.24) is 0 Å². The molecule has 8 heteroatoms. The monoisotopic (exact) mass is 371 g/mol. The molecule has 0 saturated carbocycles. The fraction of sp³-hybridized carbons (Fsp3) is 0.188. The zero-order chi connectivity index (χ0) is 18.1. The highest BCUT2D eigenvalue weighted by Crippen LogP contribution is 2.31. The van der Waals surface area contributed by atoms with Crippen molar-refractivity contribution >= 4 is 33.3 Å². The summed E-state index contributed by atoms with van der Waals surface area (Å²) in [7, 11) is -4.42. The quantitative estimate of drug-likeness (QED) is 0.874. The molecule has 0 spiro atoms. The summed E-state index contributed by atoms with van der Waals surface area (Å²) < 4.78 is 40.5. The molecule has 0 atom stereocenters. The highest BCUT2D eigenvalue weighted by molar-refractivity contribution is 7.92. The molecule has 0 amide bonds. The number of carboxylic acid groups (broad SMARTS) is 1. The number of sulfonamides is 1. The van der Waals surface area contributed by atoms with E-state index in [4.69, 9.17) is 16.7 Å². The van der Waals surface area contributed by atoms with Crippen LogP contribution < -0.4 is 4.31 Å². The predicted molar refractivity (Wildman–Crippen MR) is 89.5 cm³/mol. The zero-order valence-electron chi connectivity index (χ0n) is 13.0. The van der Waals surface area contributed by atoms with E-state index in [0.29, 0.717) is 15.4 Å². The second-order valence-electron chi connectivity index (χ2n) is 5.22. The first-order valence-electron chi connectivity index (χ1n) is 6.90. The molecule has 128 valence electrons. The van der Waals surface area contributed by atoms with Crippen molar-refractivity contribution in [2.75, 3.05) is 10.8 Å². The SMILES string of the molecule is Cc1ccc(S(=O)(=O)N(CC(=O)O)c2cccc(Cl)c2C)c(F)c1. The van der Waals surface area contributed by atoms with Crippen LogP contribution in [0.25, 0.3) is 0 Å². The number of halogens is 2. The fourth-order valence-electron chi connectivity index (χ4n) is 2.22. The molecule has 0 aliphatic carbocycles. The number of hydrogen-bond donors (Lipinski definition) is 1. The second kappa shape index (κ2) is 6.78. The molecule has 5 nitrogen and oxygen atoms in total. The molecule has 1 N–H and O–H groups in total. The minimum absolute atomic E-state index is 0.0878. The van der Waals surface area contributed by atoms with Gasteiger partial charge in [-0.15, -0.1) is 0 Å². The van der Waals surface area contributed by atoms with Crippen molar-refractivity contribution in [3.63, 3.8) is 0 Å². The van der Waals surface area contributed by atoms with E-state index in [2.05, 4.69) is 0 Å². The topological polar surface area (TPSA) is 74.7 Å². The Kier molecular flexibility index (Phi) is 5.15. The third-order valence-electron chi connectivity index (χ3n) is 3.44. The van der Waals surface area contributed by atoms with Crippen molar-refractivity contribution in [1.29, 1.82) is 0 Å². The summed E-state index contributed by atoms with van der Waals surface area (Å²) in [5.74, 6) is -2.31. The van der Waals surface area contributed by atoms with E-state index in [1.165, 1.54) is 18.2 Å². The largest absolute Gasteiger partial charge is 0.480 e. The van der Waals surface area contributed by atoms with Crippen LogP contribution >= 0.6 is 11.6 Å². The van der Waals surface area contributed by atoms with Gasteiger partial charge in [0.15, 0.2) is 0 Å². The van der Waals surface area contributed by atoms with E-state index in [0.717, 1.165) is 12.1 Å². The summed E-state index contributed by atoms with van der Waals surface area (Å²) in [6.07, 6.45) is 0. The summed E-state index contributed by atoms with van der Waals surface area (Å²) in [5, 5.41) is 9.38. The van der Waals surface area contributed by atoms with Crippen LogP contribution in [0.5, 0.6) is 0 Å². The van der Waals surface area contributed by atoms with E-state index >= 15 is 0 Å². The molecule has 0 saturated heterocycles. The van der Waals surface area contributed by atoms with Gasteiger partial charge in [-0.2, -0.15) is 0 Å². The van der Waals surface area contributed by atoms with E-state index < -0.39 is 33.3 Å². The number of aryl methyl sites for hydroxylation is 1. The van der Waals surface area contributed by atoms with E-state index in [9.17, 15) is 17.6 Å². The number of carbonyl (C=O) groups is 1. The van der Waals surface area contributed by atoms with Crippen LogP contribution in [-0.4, -0.2) is 26.0 Å². The molecule has 2 rings (SSSR count). The summed E-state index contributed by atoms with van der Waals surface area (Å²) in [4.78, 5) is 10.6. The summed E-state index contributed by atoms with van der Waals surface area (Å²) >= 11 is 6.00. The number of aliphatic carboxylic acids is 1. The molecular formula is C16H15ClFNO4S. The van der Waals surface area contributed by atoms with Gasteiger partial charge >= 0.3 is 5.97 Å². The Morgan fingerprint density at radius 3 is 2.50 bits per heavy atom. The molecule has 0 unspecified atom stereocenters. The average molecular weight is 372 g/mol. The number of rotatable bonds is 5. The Morgan fingerprint density at radius 2 is 1.92 bits per heavy atom. The highest BCUT2D eigenvalue weighted by atomic mass is 35.5. The van der Waals surface area contributed by atoms with Crippen LogP contribution in [0.4, 0.5) is 10.1 Å². The van der Waals surface area contributed by atoms with Gasteiger partial charge in [0.25, 0.3) is 10.0 Å². The minimum atomic E-state index is -4.42. The molecule has 0 aromatic heterocycles. The molecule has 0 aliphatic rings. The lowest BCUT2D eigenvalue weighted by molar-refractivity contribution is -0.135. The number of nitrogens with zero attached hydrogens (tertiary/aromatic N) is 1. The van der Waals surface area contributed by atoms with Gasteiger partial charge in [0.1, 0.15) is 17.3 Å². The third kappa shape index (κ3) is 3.52. The van der Waals surface area contributed by atoms with Gasteiger partial charge < -0.3 is 5.11 Å². The van der Waals surface area contributed by atoms with Gasteiger partial charge in [0.2, 0.25) is 0 Å². The molecule has 0 radical (unpaired) electrons. The average Bonchev–Trinajstić information content (AvgIpc) is 2.47. The summed E-state index contributed by atoms with van der Waals surface area (Å²) in [5.41, 5.74) is 1.02. The fourth-order valence-corrected chi connectivity index (χ4v) is 3.91. The van der Waals surface area contributed by atoms with Crippen molar-refractivity contribution in [3.05, 3.63) is 58.4 Å². The van der Waals surface area contributed by atoms with E-state index in [1.807, 2.05) is 0 Å². The first-order valence-corrected chi connectivity index (χ1v) is 8.72. The lowest BCUT2D eigenvalue weighted by atomic mass is 10.2. The van der Waals surface area contributed by atoms with Gasteiger partial charge in [-0.25, -0.2) is 12.8 Å². The maximum absolute atomic E-state index is 14.2. The van der Waals surface area contributed by atoms with Gasteiger partial charge in [-0.05, 0) is 49.2 Å². The van der Waals surface area contributed by atoms with Crippen LogP contribution in [0.1, 0.15) is 11.1 Å². The summed E-state index contributed by atoms with van der Waals surface area (Å²) in [6.45, 7) is 2.33. The predicted octanol–water partition coefficient (Wildman–Crippen LogP) is 3.38. The molecule has 2 aromatic rings. The van der Waals surface area contributed by atoms with Crippen LogP contribution in [0.15, 0.2) is 41.3 Å². The number of hydrogen-bond acceptors (Lipinski definition) is 3. The first-order chi connectivity index (χ1) is 11.1. The number of benzene rings is 2. The lowest BCUT2D eigenvalue weighted by Gasteiger charge is -2.25. The van der Waals surface area contributed by atoms with Crippen LogP contribution in [0.3, 0.4) is 0 Å². The minimum Gasteiger partial charge on any atom is -0.480 e. The van der Waals surface area contributed by atoms with Crippen molar-refractivity contribution in [2.24, 2.45) is 0 Å². The van der Waals surface area contributed by atoms with Crippen LogP contribution in [-0.2, 0) is 14.8 Å². The number of anilines is 1. The summed E-state index contributed by atoms with van der Waals surface area (Å²) in [6, 6.07) is 8.12. The van der Waals surface area contributed by atoms with Crippen LogP contribution in [0.2, 0.25) is 5.02 Å². The molecule has 0 heterocycles. The molecule has 2 aromatic carbocycles. The van der Waals surface area contributed by atoms with Crippen molar-refractivity contribution in [3.8, 4) is 0 Å². The molecule has 24 heavy (non-hydrogen) atoms. The Balaban J connectivity index is 2.67. The first kappa shape index (κ1) is 18.2. The third-order valence-corrected chi connectivity index (χ3v) is 5.64. The molecular weight excluding hydrogens is 357 g/mol. The van der Waals surface area contributed by atoms with E-state index in [1.54, 1.807) is 19.9 Å². The highest BCUT2D eigenvalue weighted by Gasteiger charge is 2.30. The lowest BCUT2D eigenvalue weighted by Crippen LogP contribution is -2.36. The Labute approximate surface area is 144 Å². The molecule has 0 fully saturated rings. The number of carboxylic acids is 1. The van der Waals surface area contributed by atoms with Crippen molar-refractivity contribution < 1.29 is 22.7 Å². The molecule has 0 aliphatic heterocycles. The Hall–Kier alpha value is -2.12. The van der Waals surface area contributed by atoms with E-state index in [-0.39, 0.29) is 10.7 Å². The maximum Gasteiger partial charge on any atom is 0.324 e. The van der Waals surface area contributed by atoms with Gasteiger partial charge in [0.05, 0.1) is 5.69 Å². The van der Waals surface area contributed by atoms with Crippen LogP contribution in [0, 0.1) is 19.7 Å². The van der Waals surface area contributed by atoms with Gasteiger partial charge in [-0.1, -0.05) is 23.7 Å². The Morgan fingerprint density at radius 1 is 1.25 bits per heavy atom. The second-order valence-corrected chi connectivity index (χ2v) is 7.46. The zero-order valence-corrected chi connectivity index (χ0v) is 14.5.